The average molecular weight is 209 g/mol. The Morgan fingerprint density at radius 2 is 2.00 bits per heavy atom. The van der Waals surface area contributed by atoms with E-state index in [0.29, 0.717) is 0 Å². The van der Waals surface area contributed by atoms with E-state index in [9.17, 15) is 0 Å². The minimum atomic E-state index is 0.820. The lowest BCUT2D eigenvalue weighted by atomic mass is 10.3. The molecule has 1 heterocycles. The second-order valence-corrected chi connectivity index (χ2v) is 5.11. The Hall–Kier alpha value is -0.573. The number of hydrogen-bond donors (Lipinski definition) is 0. The Kier molecular flexibility index (Phi) is 4.39. The summed E-state index contributed by atoms with van der Waals surface area (Å²) < 4.78 is 4.98. The first-order valence-corrected chi connectivity index (χ1v) is 6.41. The van der Waals surface area contributed by atoms with Gasteiger partial charge in [-0.3, -0.25) is 4.24 Å². The molecular weight excluding hydrogens is 188 g/mol. The molecule has 0 atom stereocenters. The molecule has 0 saturated carbocycles. The van der Waals surface area contributed by atoms with E-state index in [2.05, 4.69) is 42.6 Å². The second kappa shape index (κ2) is 5.34. The number of nitrogens with zero attached hydrogens (tertiary/aromatic N) is 2. The van der Waals surface area contributed by atoms with Crippen molar-refractivity contribution in [1.29, 1.82) is 0 Å². The summed E-state index contributed by atoms with van der Waals surface area (Å²) >= 11 is 0. The summed E-state index contributed by atoms with van der Waals surface area (Å²) in [4.78, 5) is 0. The van der Waals surface area contributed by atoms with Crippen LogP contribution in [0.4, 0.5) is 0 Å². The molecule has 0 amide bonds. The molecule has 0 aromatic rings. The van der Waals surface area contributed by atoms with Crippen LogP contribution in [0.1, 0.15) is 40.5 Å². The third kappa shape index (κ3) is 2.71. The lowest BCUT2D eigenvalue weighted by molar-refractivity contribution is -0.390. The Balaban J connectivity index is 2.72. The maximum Gasteiger partial charge on any atom is 0.644 e. The second-order valence-electron chi connectivity index (χ2n) is 3.83. The van der Waals surface area contributed by atoms with E-state index in [0.717, 1.165) is 9.84 Å². The monoisotopic (exact) mass is 209 g/mol. The number of rotatable bonds is 4. The van der Waals surface area contributed by atoms with Crippen molar-refractivity contribution < 1.29 is 4.24 Å². The topological polar surface area (TPSA) is 6.25 Å². The molecule has 0 N–H and O–H groups in total. The average Bonchev–Trinajstić information content (AvgIpc) is 2.14. The van der Waals surface area contributed by atoms with Crippen molar-refractivity contribution in [2.75, 3.05) is 13.1 Å². The predicted molar refractivity (Wildman–Crippen MR) is 62.6 cm³/mol. The van der Waals surface area contributed by atoms with Gasteiger partial charge in [0.25, 0.3) is 0 Å². The van der Waals surface area contributed by atoms with Crippen molar-refractivity contribution in [2.24, 2.45) is 0 Å². The number of hydrogen-bond acceptors (Lipinski definition) is 1. The van der Waals surface area contributed by atoms with Crippen LogP contribution in [0.25, 0.3) is 0 Å². The highest BCUT2D eigenvalue weighted by Gasteiger charge is 2.25. The summed E-state index contributed by atoms with van der Waals surface area (Å²) in [6, 6.07) is 0. The molecule has 0 aliphatic carbocycles. The van der Waals surface area contributed by atoms with Crippen LogP contribution in [0.5, 0.6) is 0 Å². The molecule has 3 heteroatoms. The van der Waals surface area contributed by atoms with Crippen molar-refractivity contribution in [2.45, 2.75) is 40.5 Å². The molecule has 14 heavy (non-hydrogen) atoms. The van der Waals surface area contributed by atoms with Crippen LogP contribution in [0.15, 0.2) is 11.8 Å². The highest BCUT2D eigenvalue weighted by molar-refractivity contribution is 6.25. The van der Waals surface area contributed by atoms with Gasteiger partial charge in [0.1, 0.15) is 6.54 Å². The Labute approximate surface area is 90.3 Å². The molecule has 0 bridgehead atoms. The minimum Gasteiger partial charge on any atom is -0.341 e. The van der Waals surface area contributed by atoms with E-state index in [1.54, 1.807) is 0 Å². The Morgan fingerprint density at radius 3 is 2.57 bits per heavy atom. The van der Waals surface area contributed by atoms with Gasteiger partial charge >= 0.3 is 9.84 Å². The molecular formula is C11H21N2Si+. The van der Waals surface area contributed by atoms with Crippen LogP contribution in [-0.4, -0.2) is 37.5 Å². The zero-order valence-electron chi connectivity index (χ0n) is 9.80. The molecule has 0 saturated heterocycles. The summed E-state index contributed by atoms with van der Waals surface area (Å²) in [6.45, 7) is 11.3. The summed E-state index contributed by atoms with van der Waals surface area (Å²) in [7, 11) is 0.820. The molecule has 1 aliphatic rings. The molecule has 0 aromatic heterocycles. The normalized spacial score (nSPS) is 17.4. The van der Waals surface area contributed by atoms with Crippen LogP contribution >= 0.6 is 0 Å². The zero-order chi connectivity index (χ0) is 10.6. The van der Waals surface area contributed by atoms with E-state index in [1.807, 2.05) is 0 Å². The standard InChI is InChI=1S/C11H21N2Si/c1-5-7-12-10(3)9-11(4)13(14-12)8-6-2/h9H,5-8H2,1-4H3/q+1. The molecule has 0 spiro atoms. The summed E-state index contributed by atoms with van der Waals surface area (Å²) in [5, 5.41) is 0. The fourth-order valence-corrected chi connectivity index (χ4v) is 3.04. The van der Waals surface area contributed by atoms with E-state index in [4.69, 9.17) is 0 Å². The molecule has 2 nitrogen and oxygen atoms in total. The SMILES string of the molecule is CCCN1[Si][N+](CCC)=C(C)C=C1C. The lowest BCUT2D eigenvalue weighted by Gasteiger charge is -2.23. The zero-order valence-corrected chi connectivity index (χ0v) is 10.8. The van der Waals surface area contributed by atoms with Crippen LogP contribution in [0.2, 0.25) is 0 Å². The van der Waals surface area contributed by atoms with E-state index in [1.165, 1.54) is 37.3 Å². The maximum absolute atomic E-state index is 2.49. The first-order chi connectivity index (χ1) is 6.69. The van der Waals surface area contributed by atoms with Crippen molar-refractivity contribution in [1.82, 2.24) is 4.57 Å². The predicted octanol–water partition coefficient (Wildman–Crippen LogP) is 2.03. The van der Waals surface area contributed by atoms with Crippen molar-refractivity contribution in [3.8, 4) is 0 Å². The molecule has 0 aromatic carbocycles. The van der Waals surface area contributed by atoms with Crippen LogP contribution in [0.3, 0.4) is 0 Å². The van der Waals surface area contributed by atoms with Crippen molar-refractivity contribution in [3.05, 3.63) is 11.8 Å². The lowest BCUT2D eigenvalue weighted by Crippen LogP contribution is -2.41. The van der Waals surface area contributed by atoms with Crippen LogP contribution < -0.4 is 0 Å². The van der Waals surface area contributed by atoms with Gasteiger partial charge in [-0.2, -0.15) is 0 Å². The van der Waals surface area contributed by atoms with Gasteiger partial charge in [-0.25, -0.2) is 0 Å². The fourth-order valence-electron chi connectivity index (χ4n) is 1.66. The Morgan fingerprint density at radius 1 is 1.29 bits per heavy atom. The van der Waals surface area contributed by atoms with Gasteiger partial charge in [-0.15, -0.1) is 0 Å². The van der Waals surface area contributed by atoms with Crippen LogP contribution in [0, 0.1) is 0 Å². The summed E-state index contributed by atoms with van der Waals surface area (Å²) in [5.41, 5.74) is 2.85. The summed E-state index contributed by atoms with van der Waals surface area (Å²) in [5.74, 6) is 0. The Bertz CT molecular complexity index is 256. The van der Waals surface area contributed by atoms with Gasteiger partial charge in [-0.1, -0.05) is 13.8 Å². The quantitative estimate of drug-likeness (QED) is 0.642. The summed E-state index contributed by atoms with van der Waals surface area (Å²) in [6.07, 6.45) is 4.77. The highest BCUT2D eigenvalue weighted by atomic mass is 28.2. The first-order valence-electron chi connectivity index (χ1n) is 5.52. The third-order valence-corrected chi connectivity index (χ3v) is 4.04. The molecule has 1 rings (SSSR count). The molecule has 1 aliphatic heterocycles. The van der Waals surface area contributed by atoms with Gasteiger partial charge in [0.05, 0.1) is 0 Å². The van der Waals surface area contributed by atoms with E-state index < -0.39 is 0 Å². The molecule has 2 radical (unpaired) electrons. The van der Waals surface area contributed by atoms with Gasteiger partial charge < -0.3 is 4.57 Å². The third-order valence-electron chi connectivity index (χ3n) is 2.41. The maximum atomic E-state index is 2.49. The van der Waals surface area contributed by atoms with E-state index >= 15 is 0 Å². The van der Waals surface area contributed by atoms with Gasteiger partial charge in [-0.05, 0) is 13.3 Å². The highest BCUT2D eigenvalue weighted by Crippen LogP contribution is 2.08. The molecule has 78 valence electrons. The number of allylic oxidation sites excluding steroid dienone is 2. The van der Waals surface area contributed by atoms with Crippen molar-refractivity contribution >= 4 is 15.6 Å². The molecule has 0 fully saturated rings. The largest absolute Gasteiger partial charge is 0.644 e. The smallest absolute Gasteiger partial charge is 0.341 e. The van der Waals surface area contributed by atoms with Gasteiger partial charge in [0.15, 0.2) is 5.71 Å². The fraction of sp³-hybridized carbons (Fsp3) is 0.727. The van der Waals surface area contributed by atoms with Crippen molar-refractivity contribution in [3.63, 3.8) is 0 Å². The minimum absolute atomic E-state index is 0.820. The van der Waals surface area contributed by atoms with Gasteiger partial charge in [0.2, 0.25) is 0 Å². The van der Waals surface area contributed by atoms with Crippen LogP contribution in [-0.2, 0) is 0 Å². The van der Waals surface area contributed by atoms with E-state index in [-0.39, 0.29) is 0 Å². The molecule has 0 unspecified atom stereocenters. The van der Waals surface area contributed by atoms with Gasteiger partial charge in [0, 0.05) is 31.7 Å². The first kappa shape index (κ1) is 11.5.